The first-order valence-corrected chi connectivity index (χ1v) is 11.7. The maximum absolute atomic E-state index is 13.7. The molecule has 1 aliphatic rings. The van der Waals surface area contributed by atoms with Crippen molar-refractivity contribution in [1.82, 2.24) is 24.7 Å². The molecule has 1 amide bonds. The van der Waals surface area contributed by atoms with Crippen LogP contribution in [0.2, 0.25) is 0 Å². The number of fused-ring (bicyclic) bond motifs is 1. The lowest BCUT2D eigenvalue weighted by Crippen LogP contribution is -2.34. The van der Waals surface area contributed by atoms with Crippen LogP contribution in [0.3, 0.4) is 0 Å². The van der Waals surface area contributed by atoms with Crippen LogP contribution in [-0.2, 0) is 17.8 Å². The van der Waals surface area contributed by atoms with Gasteiger partial charge in [0.25, 0.3) is 0 Å². The fourth-order valence-corrected chi connectivity index (χ4v) is 4.25. The number of amides is 1. The van der Waals surface area contributed by atoms with Crippen LogP contribution in [0.25, 0.3) is 22.7 Å². The molecule has 0 bridgehead atoms. The fraction of sp³-hybridized carbons (Fsp3) is 0.421. The van der Waals surface area contributed by atoms with Gasteiger partial charge in [-0.3, -0.25) is 13.9 Å². The Kier molecular flexibility index (Phi) is 5.77. The Morgan fingerprint density at radius 3 is 2.47 bits per heavy atom. The largest absolute Gasteiger partial charge is 0.459 e. The van der Waals surface area contributed by atoms with Crippen LogP contribution in [0.1, 0.15) is 25.5 Å². The Morgan fingerprint density at radius 1 is 1.21 bits per heavy atom. The van der Waals surface area contributed by atoms with Crippen molar-refractivity contribution in [3.05, 3.63) is 24.0 Å². The number of hydrogen-bond acceptors (Lipinski definition) is 7. The molecule has 0 aliphatic heterocycles. The van der Waals surface area contributed by atoms with Crippen LogP contribution in [0.15, 0.2) is 23.2 Å². The summed E-state index contributed by atoms with van der Waals surface area (Å²) in [6, 6.07) is 1.80. The number of alkyl halides is 5. The van der Waals surface area contributed by atoms with Crippen LogP contribution >= 0.6 is 10.6 Å². The quantitative estimate of drug-likeness (QED) is 0.419. The third-order valence-corrected chi connectivity index (χ3v) is 7.15. The minimum Gasteiger partial charge on any atom is -0.324 e. The third kappa shape index (κ3) is 4.18. The van der Waals surface area contributed by atoms with E-state index in [4.69, 9.17) is 0 Å². The molecule has 3 heterocycles. The van der Waals surface area contributed by atoms with E-state index < -0.39 is 28.4 Å². The highest BCUT2D eigenvalue weighted by molar-refractivity contribution is 8.24. The van der Waals surface area contributed by atoms with Gasteiger partial charge in [-0.15, -0.1) is 10.2 Å². The number of hydrogen-bond donors (Lipinski definition) is 3. The SMILES string of the molecule is CCS(O)(O)c1cc(NC(=O)C2CC2)cnc1-c1nc2cc(C(F)(F)C(F)(F)F)nnc2n1C. The molecule has 1 fully saturated rings. The predicted octanol–water partition coefficient (Wildman–Crippen LogP) is 4.56. The molecule has 4 rings (SSSR count). The van der Waals surface area contributed by atoms with Gasteiger partial charge in [-0.05, 0) is 31.9 Å². The van der Waals surface area contributed by atoms with Crippen molar-refractivity contribution < 1.29 is 35.9 Å². The topological polar surface area (TPSA) is 126 Å². The van der Waals surface area contributed by atoms with Gasteiger partial charge in [-0.25, -0.2) is 9.97 Å². The van der Waals surface area contributed by atoms with Gasteiger partial charge in [0.05, 0.1) is 16.8 Å². The maximum Gasteiger partial charge on any atom is 0.459 e. The van der Waals surface area contributed by atoms with Crippen molar-refractivity contribution in [3.8, 4) is 11.5 Å². The first-order valence-electron chi connectivity index (χ1n) is 9.98. The zero-order chi connectivity index (χ0) is 25.1. The number of nitrogens with one attached hydrogen (secondary N) is 1. The molecule has 0 radical (unpaired) electrons. The van der Waals surface area contributed by atoms with Crippen LogP contribution < -0.4 is 5.32 Å². The van der Waals surface area contributed by atoms with Crippen LogP contribution in [0, 0.1) is 5.92 Å². The molecule has 1 saturated carbocycles. The second-order valence-corrected chi connectivity index (χ2v) is 10.1. The lowest BCUT2D eigenvalue weighted by atomic mass is 10.2. The average molecular weight is 506 g/mol. The van der Waals surface area contributed by atoms with Gasteiger partial charge < -0.3 is 9.88 Å². The monoisotopic (exact) mass is 506 g/mol. The lowest BCUT2D eigenvalue weighted by Gasteiger charge is -2.32. The number of imidazole rings is 1. The molecule has 3 aromatic rings. The molecular formula is C19H19F5N6O3S. The van der Waals surface area contributed by atoms with E-state index in [2.05, 4.69) is 25.5 Å². The molecule has 9 nitrogen and oxygen atoms in total. The van der Waals surface area contributed by atoms with Gasteiger partial charge in [-0.2, -0.15) is 32.5 Å². The number of halogens is 5. The summed E-state index contributed by atoms with van der Waals surface area (Å²) >= 11 is 0. The molecule has 34 heavy (non-hydrogen) atoms. The third-order valence-electron chi connectivity index (χ3n) is 5.33. The smallest absolute Gasteiger partial charge is 0.324 e. The van der Waals surface area contributed by atoms with Gasteiger partial charge in [0.2, 0.25) is 5.91 Å². The number of nitrogens with zero attached hydrogens (tertiary/aromatic N) is 5. The van der Waals surface area contributed by atoms with E-state index in [0.29, 0.717) is 6.07 Å². The number of carbonyl (C=O) groups excluding carboxylic acids is 1. The fourth-order valence-electron chi connectivity index (χ4n) is 3.17. The molecule has 0 saturated heterocycles. The summed E-state index contributed by atoms with van der Waals surface area (Å²) in [4.78, 5) is 20.3. The van der Waals surface area contributed by atoms with Gasteiger partial charge in [0.15, 0.2) is 11.5 Å². The number of aryl methyl sites for hydroxylation is 1. The zero-order valence-electron chi connectivity index (χ0n) is 17.8. The Bertz CT molecular complexity index is 1280. The van der Waals surface area contributed by atoms with Crippen molar-refractivity contribution in [3.63, 3.8) is 0 Å². The van der Waals surface area contributed by atoms with E-state index in [1.807, 2.05) is 0 Å². The van der Waals surface area contributed by atoms with Crippen molar-refractivity contribution in [2.24, 2.45) is 13.0 Å². The van der Waals surface area contributed by atoms with Gasteiger partial charge >= 0.3 is 12.1 Å². The Balaban J connectivity index is 1.82. The second-order valence-electron chi connectivity index (χ2n) is 7.79. The number of aromatic nitrogens is 5. The zero-order valence-corrected chi connectivity index (χ0v) is 18.6. The molecular weight excluding hydrogens is 487 g/mol. The number of rotatable bonds is 6. The van der Waals surface area contributed by atoms with E-state index in [-0.39, 0.29) is 50.8 Å². The molecule has 3 N–H and O–H groups in total. The lowest BCUT2D eigenvalue weighted by molar-refractivity contribution is -0.291. The molecule has 0 spiro atoms. The highest BCUT2D eigenvalue weighted by Crippen LogP contribution is 2.52. The minimum atomic E-state index is -5.87. The Morgan fingerprint density at radius 2 is 1.88 bits per heavy atom. The van der Waals surface area contributed by atoms with Crippen LogP contribution in [0.5, 0.6) is 0 Å². The number of anilines is 1. The highest BCUT2D eigenvalue weighted by Gasteiger charge is 2.60. The summed E-state index contributed by atoms with van der Waals surface area (Å²) in [6.07, 6.45) is -3.10. The predicted molar refractivity (Wildman–Crippen MR) is 112 cm³/mol. The standard InChI is InChI=1S/C19H19F5N6O3S/c1-3-34(32,33)12-6-10(26-17(31)9-4-5-9)8-25-14(12)16-27-11-7-13(18(20,21)19(22,23)24)28-29-15(11)30(16)2/h6-9,32-33H,3-5H2,1-2H3,(H,26,31). The normalized spacial score (nSPS) is 15.6. The van der Waals surface area contributed by atoms with Crippen molar-refractivity contribution in [2.75, 3.05) is 11.1 Å². The highest BCUT2D eigenvalue weighted by atomic mass is 32.3. The van der Waals surface area contributed by atoms with E-state index in [1.165, 1.54) is 30.8 Å². The average Bonchev–Trinajstić information content (AvgIpc) is 3.57. The molecule has 0 aromatic carbocycles. The molecule has 1 aliphatic carbocycles. The summed E-state index contributed by atoms with van der Waals surface area (Å²) in [6.45, 7) is 1.51. The van der Waals surface area contributed by atoms with Crippen molar-refractivity contribution in [2.45, 2.75) is 36.8 Å². The Hall–Kier alpha value is -2.91. The van der Waals surface area contributed by atoms with E-state index in [1.54, 1.807) is 0 Å². The summed E-state index contributed by atoms with van der Waals surface area (Å²) in [5.74, 6) is -5.76. The van der Waals surface area contributed by atoms with Gasteiger partial charge in [0.1, 0.15) is 16.9 Å². The van der Waals surface area contributed by atoms with Crippen LogP contribution in [0.4, 0.5) is 27.6 Å². The Labute approximate surface area is 190 Å². The first kappa shape index (κ1) is 24.2. The summed E-state index contributed by atoms with van der Waals surface area (Å²) in [7, 11) is -2.02. The summed E-state index contributed by atoms with van der Waals surface area (Å²) < 4.78 is 88.1. The van der Waals surface area contributed by atoms with Crippen molar-refractivity contribution >= 4 is 33.3 Å². The first-order chi connectivity index (χ1) is 15.8. The van der Waals surface area contributed by atoms with Crippen LogP contribution in [-0.4, -0.2) is 51.7 Å². The summed E-state index contributed by atoms with van der Waals surface area (Å²) in [5, 5.41) is 9.15. The summed E-state index contributed by atoms with van der Waals surface area (Å²) in [5.41, 5.74) is -1.91. The van der Waals surface area contributed by atoms with E-state index >= 15 is 0 Å². The molecule has 184 valence electrons. The van der Waals surface area contributed by atoms with E-state index in [0.717, 1.165) is 12.8 Å². The number of pyridine rings is 1. The van der Waals surface area contributed by atoms with Gasteiger partial charge in [0, 0.05) is 18.7 Å². The molecule has 0 atom stereocenters. The van der Waals surface area contributed by atoms with Crippen molar-refractivity contribution in [1.29, 1.82) is 0 Å². The maximum atomic E-state index is 13.7. The molecule has 3 aromatic heterocycles. The number of carbonyl (C=O) groups is 1. The molecule has 15 heteroatoms. The molecule has 0 unspecified atom stereocenters. The minimum absolute atomic E-state index is 0.0593. The van der Waals surface area contributed by atoms with Gasteiger partial charge in [-0.1, -0.05) is 0 Å². The van der Waals surface area contributed by atoms with E-state index in [9.17, 15) is 35.9 Å². The second kappa shape index (κ2) is 8.09.